The summed E-state index contributed by atoms with van der Waals surface area (Å²) >= 11 is 12.8. The van der Waals surface area contributed by atoms with E-state index in [0.29, 0.717) is 46.1 Å². The number of anilines is 6. The topological polar surface area (TPSA) is 322 Å². The van der Waals surface area contributed by atoms with E-state index >= 15 is 0 Å². The van der Waals surface area contributed by atoms with Crippen LogP contribution in [0.1, 0.15) is 13.8 Å². The Kier molecular flexibility index (Phi) is 23.9. The Morgan fingerprint density at radius 3 is 1.65 bits per heavy atom. The number of H-pyrrole nitrogens is 1. The molecule has 0 unspecified atom stereocenters. The van der Waals surface area contributed by atoms with E-state index in [4.69, 9.17) is 82.2 Å². The molecule has 18 nitrogen and oxygen atoms in total. The molecule has 0 atom stereocenters. The molecule has 3 rings (SSSR count). The molecule has 0 saturated carbocycles. The van der Waals surface area contributed by atoms with E-state index in [-0.39, 0.29) is 30.3 Å². The molecule has 3 aromatic rings. The van der Waals surface area contributed by atoms with E-state index < -0.39 is 13.9 Å². The normalized spacial score (nSPS) is 10.5. The second-order valence-electron chi connectivity index (χ2n) is 8.02. The number of hydrogen-bond donors (Lipinski definition) is 9. The highest BCUT2D eigenvalue weighted by atomic mass is 35.5. The molecular weight excluding hydrogens is 703 g/mol. The number of alkyl halides is 1. The van der Waals surface area contributed by atoms with Crippen molar-refractivity contribution in [3.05, 3.63) is 22.8 Å². The average molecular weight is 745 g/mol. The third kappa shape index (κ3) is 25.5. The van der Waals surface area contributed by atoms with Crippen LogP contribution in [0, 0.1) is 4.64 Å². The van der Waals surface area contributed by atoms with Gasteiger partial charge in [-0.3, -0.25) is 4.57 Å². The number of thioether (sulfide) groups is 2. The molecule has 23 heteroatoms. The van der Waals surface area contributed by atoms with Crippen LogP contribution in [0.25, 0.3) is 0 Å². The van der Waals surface area contributed by atoms with Gasteiger partial charge in [-0.2, -0.15) is 9.97 Å². The van der Waals surface area contributed by atoms with Gasteiger partial charge >= 0.3 is 7.60 Å². The van der Waals surface area contributed by atoms with Gasteiger partial charge < -0.3 is 63.4 Å². The minimum absolute atomic E-state index is 0.0867. The van der Waals surface area contributed by atoms with Crippen LogP contribution >= 0.6 is 54.9 Å². The highest BCUT2D eigenvalue weighted by Crippen LogP contribution is 2.33. The van der Waals surface area contributed by atoms with Crippen molar-refractivity contribution < 1.29 is 28.6 Å². The van der Waals surface area contributed by atoms with E-state index in [1.165, 1.54) is 17.8 Å². The maximum atomic E-state index is 10.5. The smallest absolute Gasteiger partial charge is 0.350 e. The van der Waals surface area contributed by atoms with Crippen molar-refractivity contribution in [2.24, 2.45) is 0 Å². The van der Waals surface area contributed by atoms with Crippen LogP contribution in [0.15, 0.2) is 28.3 Å². The van der Waals surface area contributed by atoms with Gasteiger partial charge in [-0.1, -0.05) is 12.2 Å². The first kappa shape index (κ1) is 43.3. The van der Waals surface area contributed by atoms with Crippen molar-refractivity contribution in [2.75, 3.05) is 91.2 Å². The molecule has 0 bridgehead atoms. The third-order valence-electron chi connectivity index (χ3n) is 4.11. The van der Waals surface area contributed by atoms with Gasteiger partial charge in [0.1, 0.15) is 38.5 Å². The molecule has 3 heterocycles. The van der Waals surface area contributed by atoms with Crippen LogP contribution in [-0.4, -0.2) is 96.5 Å². The molecule has 260 valence electrons. The quantitative estimate of drug-likeness (QED) is 0.0285. The fourth-order valence-electron chi connectivity index (χ4n) is 2.50. The van der Waals surface area contributed by atoms with Crippen LogP contribution in [0.4, 0.5) is 35.3 Å². The second-order valence-corrected chi connectivity index (χ2v) is 12.6. The van der Waals surface area contributed by atoms with E-state index in [0.717, 1.165) is 24.0 Å². The van der Waals surface area contributed by atoms with Crippen molar-refractivity contribution in [1.29, 1.82) is 0 Å². The molecular formula is C23H42ClN12O6PS3. The third-order valence-corrected chi connectivity index (χ3v) is 6.74. The first-order valence-corrected chi connectivity index (χ1v) is 17.9. The number of ether oxygens (including phenoxy) is 3. The molecule has 0 fully saturated rings. The predicted octanol–water partition coefficient (Wildman–Crippen LogP) is 2.22. The Hall–Kier alpha value is -2.72. The summed E-state index contributed by atoms with van der Waals surface area (Å²) in [5.41, 5.74) is 32.4. The Morgan fingerprint density at radius 2 is 1.28 bits per heavy atom. The van der Waals surface area contributed by atoms with Gasteiger partial charge in [0.2, 0.25) is 11.9 Å². The summed E-state index contributed by atoms with van der Waals surface area (Å²) in [7, 11) is -4.09. The minimum Gasteiger partial charge on any atom is -0.385 e. The molecule has 0 aliphatic heterocycles. The maximum Gasteiger partial charge on any atom is 0.350 e. The molecule has 0 aliphatic carbocycles. The lowest BCUT2D eigenvalue weighted by molar-refractivity contribution is 0.164. The number of aromatic nitrogens is 6. The summed E-state index contributed by atoms with van der Waals surface area (Å²) in [5, 5.41) is 1.38. The minimum atomic E-state index is -4.09. The number of hydrogen-bond acceptors (Lipinski definition) is 18. The lowest BCUT2D eigenvalue weighted by Gasteiger charge is -2.05. The number of nitrogens with zero attached hydrogens (tertiary/aromatic N) is 5. The number of nitrogen functional groups attached to an aromatic ring is 6. The summed E-state index contributed by atoms with van der Waals surface area (Å²) in [5.74, 6) is 3.58. The predicted molar refractivity (Wildman–Crippen MR) is 188 cm³/mol. The summed E-state index contributed by atoms with van der Waals surface area (Å²) < 4.78 is 25.7. The van der Waals surface area contributed by atoms with Crippen molar-refractivity contribution in [1.82, 2.24) is 29.9 Å². The zero-order valence-corrected chi connectivity index (χ0v) is 29.5. The van der Waals surface area contributed by atoms with Crippen LogP contribution in [0.2, 0.25) is 0 Å². The van der Waals surface area contributed by atoms with Gasteiger partial charge in [0, 0.05) is 48.8 Å². The molecule has 0 spiro atoms. The van der Waals surface area contributed by atoms with Crippen LogP contribution < -0.4 is 34.4 Å². The zero-order chi connectivity index (χ0) is 35.0. The Balaban J connectivity index is 0.000000626. The average Bonchev–Trinajstić information content (AvgIpc) is 2.93. The highest BCUT2D eigenvalue weighted by molar-refractivity contribution is 7.99. The van der Waals surface area contributed by atoms with E-state index in [2.05, 4.69) is 29.9 Å². The monoisotopic (exact) mass is 744 g/mol. The zero-order valence-electron chi connectivity index (χ0n) is 25.4. The number of halogens is 1. The van der Waals surface area contributed by atoms with E-state index in [9.17, 15) is 4.57 Å². The molecule has 0 aromatic carbocycles. The van der Waals surface area contributed by atoms with Crippen molar-refractivity contribution in [3.8, 4) is 0 Å². The Labute approximate surface area is 285 Å². The number of aromatic amines is 1. The first-order valence-electron chi connectivity index (χ1n) is 13.2. The van der Waals surface area contributed by atoms with Gasteiger partial charge in [0.15, 0.2) is 5.95 Å². The van der Waals surface area contributed by atoms with Crippen molar-refractivity contribution in [3.63, 3.8) is 0 Å². The SMILES string of the molecule is CCOCCCl.CCOCCSc1cc(N)nc(N)n1.Nc1cc(=S)nc(N)[nH]1.Nc1cc(SCCOCP(=O)(O)O)nc(N)n1. The van der Waals surface area contributed by atoms with Crippen LogP contribution in [0.5, 0.6) is 0 Å². The second kappa shape index (κ2) is 25.4. The van der Waals surface area contributed by atoms with Gasteiger partial charge in [-0.15, -0.1) is 35.1 Å². The van der Waals surface area contributed by atoms with Crippen molar-refractivity contribution >= 4 is 90.2 Å². The molecule has 0 radical (unpaired) electrons. The number of rotatable bonds is 14. The largest absolute Gasteiger partial charge is 0.385 e. The van der Waals surface area contributed by atoms with Gasteiger partial charge in [-0.25, -0.2) is 15.0 Å². The van der Waals surface area contributed by atoms with E-state index in [1.807, 2.05) is 13.8 Å². The number of nitrogens with two attached hydrogens (primary N) is 6. The molecule has 0 aliphatic rings. The maximum absolute atomic E-state index is 10.5. The van der Waals surface area contributed by atoms with Crippen molar-refractivity contribution in [2.45, 2.75) is 23.9 Å². The highest BCUT2D eigenvalue weighted by Gasteiger charge is 2.12. The summed E-state index contributed by atoms with van der Waals surface area (Å²) in [6.07, 6.45) is -0.582. The lowest BCUT2D eigenvalue weighted by atomic mass is 10.6. The summed E-state index contributed by atoms with van der Waals surface area (Å²) in [6.45, 7) is 6.99. The van der Waals surface area contributed by atoms with Gasteiger partial charge in [0.25, 0.3) is 0 Å². The molecule has 15 N–H and O–H groups in total. The Morgan fingerprint density at radius 1 is 0.804 bits per heavy atom. The lowest BCUT2D eigenvalue weighted by Crippen LogP contribution is -2.02. The molecule has 46 heavy (non-hydrogen) atoms. The van der Waals surface area contributed by atoms with E-state index in [1.54, 1.807) is 23.9 Å². The standard InChI is InChI=1S/C8H14N4OS.C7H13N4O4PS.C4H9ClO.C4H6N4S/c1-2-13-3-4-14-7-5-6(9)11-8(10)12-7;8-5-3-6(11-7(9)10-5)17-2-1-15-4-16(12,13)14;1-2-6-4-3-5;5-2-1-3(9)8-4(6)7-2/h5H,2-4H2,1H3,(H4,9,10,11,12);3H,1-2,4H2,(H2,12,13,14)(H4,8,9,10,11);2-4H2,1H3;1H,(H5,5,6,7,8,9). The first-order chi connectivity index (χ1) is 21.7. The molecule has 0 saturated heterocycles. The van der Waals surface area contributed by atoms with Crippen LogP contribution in [0.3, 0.4) is 0 Å². The fourth-order valence-corrected chi connectivity index (χ4v) is 4.75. The summed E-state index contributed by atoms with van der Waals surface area (Å²) in [6, 6.07) is 4.79. The van der Waals surface area contributed by atoms with Crippen LogP contribution in [-0.2, 0) is 18.8 Å². The van der Waals surface area contributed by atoms with Gasteiger partial charge in [0.05, 0.1) is 19.8 Å². The fraction of sp³-hybridized carbons (Fsp3) is 0.478. The summed E-state index contributed by atoms with van der Waals surface area (Å²) in [4.78, 5) is 38.8. The molecule has 0 amide bonds. The van der Waals surface area contributed by atoms with Gasteiger partial charge in [-0.05, 0) is 13.8 Å². The number of nitrogens with one attached hydrogen (secondary N) is 1. The molecule has 3 aromatic heterocycles. The Bertz CT molecular complexity index is 1310.